The summed E-state index contributed by atoms with van der Waals surface area (Å²) in [5.41, 5.74) is 0.969. The van der Waals surface area contributed by atoms with Gasteiger partial charge in [-0.1, -0.05) is 30.3 Å². The van der Waals surface area contributed by atoms with Crippen molar-refractivity contribution >= 4 is 33.8 Å². The number of aromatic nitrogens is 2. The van der Waals surface area contributed by atoms with Crippen LogP contribution < -0.4 is 10.3 Å². The highest BCUT2D eigenvalue weighted by molar-refractivity contribution is 5.86. The zero-order valence-electron chi connectivity index (χ0n) is 18.9. The van der Waals surface area contributed by atoms with E-state index in [1.807, 2.05) is 38.1 Å². The molecule has 0 radical (unpaired) electrons. The molecule has 174 valence electrons. The predicted octanol–water partition coefficient (Wildman–Crippen LogP) is 5.39. The molecule has 0 amide bonds. The van der Waals surface area contributed by atoms with Gasteiger partial charge in [-0.3, -0.25) is 14.9 Å². The van der Waals surface area contributed by atoms with Crippen LogP contribution in [0.15, 0.2) is 87.1 Å². The lowest BCUT2D eigenvalue weighted by atomic mass is 10.2. The minimum Gasteiger partial charge on any atom is -0.490 e. The summed E-state index contributed by atoms with van der Waals surface area (Å²) in [5.74, 6) is 0.975. The van der Waals surface area contributed by atoms with E-state index in [0.717, 1.165) is 10.1 Å². The third kappa shape index (κ3) is 4.26. The molecule has 2 heterocycles. The van der Waals surface area contributed by atoms with Crippen LogP contribution in [-0.4, -0.2) is 26.9 Å². The van der Waals surface area contributed by atoms with Crippen LogP contribution in [0.2, 0.25) is 0 Å². The molecule has 0 unspecified atom stereocenters. The van der Waals surface area contributed by atoms with E-state index in [0.29, 0.717) is 33.6 Å². The standard InChI is InChI=1S/C26H20N4O5/c1-16(2)34-23-12-11-19(30(32)33)13-18(23)15-27-29-25(24-14-17-7-3-6-10-22(17)35-24)28-21-9-5-4-8-20(21)26(29)31/h3-16H,1-2H3. The van der Waals surface area contributed by atoms with Crippen molar-refractivity contribution in [2.45, 2.75) is 20.0 Å². The molecular formula is C26H20N4O5. The third-order valence-corrected chi connectivity index (χ3v) is 5.28. The van der Waals surface area contributed by atoms with Crippen molar-refractivity contribution in [3.8, 4) is 17.3 Å². The Morgan fingerprint density at radius 3 is 2.63 bits per heavy atom. The number of hydrogen-bond acceptors (Lipinski definition) is 7. The third-order valence-electron chi connectivity index (χ3n) is 5.28. The molecule has 0 aliphatic carbocycles. The molecule has 5 aromatic rings. The highest BCUT2D eigenvalue weighted by Crippen LogP contribution is 2.28. The molecule has 2 aromatic heterocycles. The summed E-state index contributed by atoms with van der Waals surface area (Å²) in [5, 5.41) is 17.0. The number of nitro benzene ring substituents is 1. The fourth-order valence-corrected chi connectivity index (χ4v) is 3.71. The first-order chi connectivity index (χ1) is 16.9. The van der Waals surface area contributed by atoms with Gasteiger partial charge in [0.1, 0.15) is 11.3 Å². The number of para-hydroxylation sites is 2. The van der Waals surface area contributed by atoms with E-state index in [1.54, 1.807) is 30.3 Å². The molecule has 9 nitrogen and oxygen atoms in total. The SMILES string of the molecule is CC(C)Oc1ccc([N+](=O)[O-])cc1C=Nn1c(-c2cc3ccccc3o2)nc2ccccc2c1=O. The van der Waals surface area contributed by atoms with Gasteiger partial charge in [0.2, 0.25) is 5.82 Å². The van der Waals surface area contributed by atoms with Crippen molar-refractivity contribution in [1.29, 1.82) is 0 Å². The van der Waals surface area contributed by atoms with Crippen molar-refractivity contribution in [2.75, 3.05) is 0 Å². The van der Waals surface area contributed by atoms with Gasteiger partial charge in [0, 0.05) is 23.1 Å². The molecule has 0 bridgehead atoms. The molecule has 3 aromatic carbocycles. The second-order valence-electron chi connectivity index (χ2n) is 8.11. The molecule has 0 saturated carbocycles. The van der Waals surface area contributed by atoms with E-state index < -0.39 is 10.5 Å². The molecule has 0 saturated heterocycles. The van der Waals surface area contributed by atoms with Gasteiger partial charge in [-0.05, 0) is 44.2 Å². The van der Waals surface area contributed by atoms with Crippen LogP contribution in [0, 0.1) is 10.1 Å². The monoisotopic (exact) mass is 468 g/mol. The van der Waals surface area contributed by atoms with Crippen LogP contribution in [0.3, 0.4) is 0 Å². The number of fused-ring (bicyclic) bond motifs is 2. The topological polar surface area (TPSA) is 113 Å². The summed E-state index contributed by atoms with van der Waals surface area (Å²) < 4.78 is 12.9. The summed E-state index contributed by atoms with van der Waals surface area (Å²) >= 11 is 0. The molecule has 9 heteroatoms. The number of rotatable bonds is 6. The minimum absolute atomic E-state index is 0.121. The number of ether oxygens (including phenoxy) is 1. The van der Waals surface area contributed by atoms with Crippen molar-refractivity contribution < 1.29 is 14.1 Å². The van der Waals surface area contributed by atoms with Gasteiger partial charge in [-0.25, -0.2) is 4.98 Å². The zero-order chi connectivity index (χ0) is 24.5. The highest BCUT2D eigenvalue weighted by Gasteiger charge is 2.17. The number of non-ortho nitro benzene ring substituents is 1. The Kier molecular flexibility index (Phi) is 5.58. The van der Waals surface area contributed by atoms with E-state index in [4.69, 9.17) is 9.15 Å². The molecule has 35 heavy (non-hydrogen) atoms. The van der Waals surface area contributed by atoms with Crippen LogP contribution in [0.5, 0.6) is 5.75 Å². The molecule has 0 spiro atoms. The Hall–Kier alpha value is -4.79. The summed E-state index contributed by atoms with van der Waals surface area (Å²) in [4.78, 5) is 28.9. The van der Waals surface area contributed by atoms with E-state index in [2.05, 4.69) is 10.1 Å². The lowest BCUT2D eigenvalue weighted by Gasteiger charge is -2.12. The Labute approximate surface area is 199 Å². The fraction of sp³-hybridized carbons (Fsp3) is 0.115. The lowest BCUT2D eigenvalue weighted by molar-refractivity contribution is -0.384. The van der Waals surface area contributed by atoms with Crippen LogP contribution in [0.25, 0.3) is 33.5 Å². The highest BCUT2D eigenvalue weighted by atomic mass is 16.6. The average molecular weight is 468 g/mol. The fourth-order valence-electron chi connectivity index (χ4n) is 3.71. The van der Waals surface area contributed by atoms with Gasteiger partial charge in [0.25, 0.3) is 11.2 Å². The molecule has 0 fully saturated rings. The summed E-state index contributed by atoms with van der Waals surface area (Å²) in [6, 6.07) is 20.4. The van der Waals surface area contributed by atoms with E-state index in [9.17, 15) is 14.9 Å². The Morgan fingerprint density at radius 1 is 1.09 bits per heavy atom. The maximum absolute atomic E-state index is 13.4. The van der Waals surface area contributed by atoms with Gasteiger partial charge in [0.15, 0.2) is 5.76 Å². The van der Waals surface area contributed by atoms with E-state index in [-0.39, 0.29) is 17.6 Å². The van der Waals surface area contributed by atoms with Gasteiger partial charge in [-0.2, -0.15) is 9.78 Å². The number of nitro groups is 1. The molecule has 0 N–H and O–H groups in total. The first-order valence-corrected chi connectivity index (χ1v) is 10.9. The first-order valence-electron chi connectivity index (χ1n) is 10.9. The number of furan rings is 1. The number of benzene rings is 3. The minimum atomic E-state index is -0.500. The smallest absolute Gasteiger partial charge is 0.282 e. The molecular weight excluding hydrogens is 448 g/mol. The van der Waals surface area contributed by atoms with Crippen LogP contribution >= 0.6 is 0 Å². The van der Waals surface area contributed by atoms with Crippen molar-refractivity contribution in [3.63, 3.8) is 0 Å². The molecule has 5 rings (SSSR count). The second-order valence-corrected chi connectivity index (χ2v) is 8.11. The molecule has 0 aliphatic heterocycles. The van der Waals surface area contributed by atoms with Gasteiger partial charge in [-0.15, -0.1) is 0 Å². The molecule has 0 atom stereocenters. The summed E-state index contributed by atoms with van der Waals surface area (Å²) in [7, 11) is 0. The maximum Gasteiger partial charge on any atom is 0.282 e. The van der Waals surface area contributed by atoms with E-state index in [1.165, 1.54) is 24.4 Å². The lowest BCUT2D eigenvalue weighted by Crippen LogP contribution is -2.20. The largest absolute Gasteiger partial charge is 0.490 e. The second kappa shape index (κ2) is 8.86. The average Bonchev–Trinajstić information content (AvgIpc) is 3.28. The Morgan fingerprint density at radius 2 is 1.86 bits per heavy atom. The zero-order valence-corrected chi connectivity index (χ0v) is 18.9. The number of hydrogen-bond donors (Lipinski definition) is 0. The van der Waals surface area contributed by atoms with E-state index >= 15 is 0 Å². The van der Waals surface area contributed by atoms with Crippen LogP contribution in [0.1, 0.15) is 19.4 Å². The first kappa shape index (κ1) is 22.0. The van der Waals surface area contributed by atoms with Crippen LogP contribution in [0.4, 0.5) is 5.69 Å². The predicted molar refractivity (Wildman–Crippen MR) is 133 cm³/mol. The van der Waals surface area contributed by atoms with Crippen molar-refractivity contribution in [1.82, 2.24) is 9.66 Å². The molecule has 0 aliphatic rings. The summed E-state index contributed by atoms with van der Waals surface area (Å²) in [6.45, 7) is 3.69. The van der Waals surface area contributed by atoms with Crippen molar-refractivity contribution in [3.05, 3.63) is 98.8 Å². The summed E-state index contributed by atoms with van der Waals surface area (Å²) in [6.07, 6.45) is 1.19. The Bertz CT molecular complexity index is 1630. The van der Waals surface area contributed by atoms with Crippen molar-refractivity contribution in [2.24, 2.45) is 5.10 Å². The van der Waals surface area contributed by atoms with Gasteiger partial charge < -0.3 is 9.15 Å². The number of nitrogens with zero attached hydrogens (tertiary/aromatic N) is 4. The van der Waals surface area contributed by atoms with Crippen LogP contribution in [-0.2, 0) is 0 Å². The Balaban J connectivity index is 1.71. The normalized spacial score (nSPS) is 11.6. The van der Waals surface area contributed by atoms with Gasteiger partial charge in [0.05, 0.1) is 28.1 Å². The quantitative estimate of drug-likeness (QED) is 0.188. The maximum atomic E-state index is 13.4. The van der Waals surface area contributed by atoms with Gasteiger partial charge >= 0.3 is 0 Å².